The number of thiocarbonyl (C=S) groups is 1. The fourth-order valence-electron chi connectivity index (χ4n) is 2.14. The average molecular weight is 394 g/mol. The number of benzene rings is 1. The van der Waals surface area contributed by atoms with Crippen molar-refractivity contribution < 1.29 is 4.74 Å². The fraction of sp³-hybridized carbons (Fsp3) is 0.389. The van der Waals surface area contributed by atoms with Crippen LogP contribution in [0.5, 0.6) is 5.75 Å². The molecule has 0 amide bonds. The molecule has 1 aromatic heterocycles. The Morgan fingerprint density at radius 3 is 2.76 bits per heavy atom. The zero-order valence-electron chi connectivity index (χ0n) is 14.7. The van der Waals surface area contributed by atoms with Crippen LogP contribution in [0.3, 0.4) is 0 Å². The molecular weight excluding hydrogens is 374 g/mol. The Kier molecular flexibility index (Phi) is 6.39. The minimum Gasteiger partial charge on any atom is -0.496 e. The van der Waals surface area contributed by atoms with E-state index in [1.54, 1.807) is 36.6 Å². The number of ether oxygens (including phenoxy) is 1. The summed E-state index contributed by atoms with van der Waals surface area (Å²) in [5, 5.41) is 9.47. The van der Waals surface area contributed by atoms with Crippen LogP contribution in [0.25, 0.3) is 0 Å². The average Bonchev–Trinajstić information content (AvgIpc) is 2.95. The van der Waals surface area contributed by atoms with Crippen LogP contribution in [-0.4, -0.2) is 16.7 Å². The Labute approximate surface area is 162 Å². The quantitative estimate of drug-likeness (QED) is 0.707. The molecule has 0 aliphatic rings. The van der Waals surface area contributed by atoms with Gasteiger partial charge in [0.25, 0.3) is 0 Å². The molecule has 0 atom stereocenters. The van der Waals surface area contributed by atoms with Gasteiger partial charge >= 0.3 is 0 Å². The highest BCUT2D eigenvalue weighted by atomic mass is 35.5. The van der Waals surface area contributed by atoms with E-state index in [9.17, 15) is 0 Å². The second kappa shape index (κ2) is 8.13. The zero-order valence-corrected chi connectivity index (χ0v) is 17.1. The summed E-state index contributed by atoms with van der Waals surface area (Å²) in [6.07, 6.45) is 2.47. The van der Waals surface area contributed by atoms with Crippen molar-refractivity contribution in [3.63, 3.8) is 0 Å². The number of rotatable bonds is 4. The van der Waals surface area contributed by atoms with E-state index in [2.05, 4.69) is 38.0 Å². The third-order valence-electron chi connectivity index (χ3n) is 3.51. The maximum Gasteiger partial charge on any atom is 0.191 e. The van der Waals surface area contributed by atoms with E-state index in [-0.39, 0.29) is 5.41 Å². The Balaban J connectivity index is 2.52. The summed E-state index contributed by atoms with van der Waals surface area (Å²) in [4.78, 5) is 7.00. The smallest absolute Gasteiger partial charge is 0.191 e. The first-order valence-electron chi connectivity index (χ1n) is 7.76. The van der Waals surface area contributed by atoms with Crippen LogP contribution in [0.2, 0.25) is 5.02 Å². The van der Waals surface area contributed by atoms with Crippen LogP contribution in [-0.2, 0) is 12.0 Å². The molecule has 1 heterocycles. The highest BCUT2D eigenvalue weighted by Crippen LogP contribution is 2.26. The number of aryl methyl sites for hydroxylation is 1. The number of nitriles is 1. The lowest BCUT2D eigenvalue weighted by Crippen LogP contribution is -2.16. The van der Waals surface area contributed by atoms with E-state index < -0.39 is 0 Å². The standard InChI is InChI=1S/C18H20ClN3OS2/c1-18(2,3)15-11-22(9-5-8-20)17(25-15)21-16(24)13-10-12(19)6-7-14(13)23-4/h6-7,10-11H,5,9H2,1-4H3. The number of halogens is 1. The molecular formula is C18H20ClN3OS2. The lowest BCUT2D eigenvalue weighted by Gasteiger charge is -2.14. The number of nitrogens with zero attached hydrogens (tertiary/aromatic N) is 3. The predicted molar refractivity (Wildman–Crippen MR) is 107 cm³/mol. The van der Waals surface area contributed by atoms with Gasteiger partial charge in [-0.2, -0.15) is 5.26 Å². The van der Waals surface area contributed by atoms with E-state index in [0.29, 0.717) is 34.3 Å². The maximum atomic E-state index is 8.90. The van der Waals surface area contributed by atoms with Crippen molar-refractivity contribution in [2.75, 3.05) is 7.11 Å². The lowest BCUT2D eigenvalue weighted by atomic mass is 9.95. The molecule has 25 heavy (non-hydrogen) atoms. The Bertz CT molecular complexity index is 885. The molecule has 2 rings (SSSR count). The number of hydrogen-bond donors (Lipinski definition) is 0. The van der Waals surface area contributed by atoms with E-state index >= 15 is 0 Å². The first-order chi connectivity index (χ1) is 11.8. The summed E-state index contributed by atoms with van der Waals surface area (Å²) in [6.45, 7) is 7.03. The van der Waals surface area contributed by atoms with Gasteiger partial charge in [0.2, 0.25) is 0 Å². The van der Waals surface area contributed by atoms with Gasteiger partial charge in [-0.3, -0.25) is 0 Å². The molecule has 7 heteroatoms. The minimum absolute atomic E-state index is 0.00218. The number of methoxy groups -OCH3 is 1. The molecule has 2 aromatic rings. The molecule has 0 saturated heterocycles. The van der Waals surface area contributed by atoms with Gasteiger partial charge in [0, 0.05) is 22.6 Å². The highest BCUT2D eigenvalue weighted by Gasteiger charge is 2.18. The van der Waals surface area contributed by atoms with Gasteiger partial charge in [-0.15, -0.1) is 11.3 Å². The van der Waals surface area contributed by atoms with Crippen molar-refractivity contribution in [2.45, 2.75) is 39.2 Å². The molecule has 0 N–H and O–H groups in total. The summed E-state index contributed by atoms with van der Waals surface area (Å²) < 4.78 is 7.35. The van der Waals surface area contributed by atoms with Crippen LogP contribution in [0.1, 0.15) is 37.6 Å². The summed E-state index contributed by atoms with van der Waals surface area (Å²) in [5.41, 5.74) is 0.685. The highest BCUT2D eigenvalue weighted by molar-refractivity contribution is 7.80. The predicted octanol–water partition coefficient (Wildman–Crippen LogP) is 4.70. The van der Waals surface area contributed by atoms with Gasteiger partial charge < -0.3 is 9.30 Å². The number of thiazole rings is 1. The summed E-state index contributed by atoms with van der Waals surface area (Å²) in [6, 6.07) is 7.46. The minimum atomic E-state index is 0.00218. The molecule has 0 saturated carbocycles. The maximum absolute atomic E-state index is 8.90. The second-order valence-electron chi connectivity index (χ2n) is 6.49. The van der Waals surface area contributed by atoms with Crippen LogP contribution < -0.4 is 9.54 Å². The molecule has 0 fully saturated rings. The lowest BCUT2D eigenvalue weighted by molar-refractivity contribution is 0.414. The van der Waals surface area contributed by atoms with Crippen molar-refractivity contribution in [3.05, 3.63) is 44.7 Å². The largest absolute Gasteiger partial charge is 0.496 e. The Hall–Kier alpha value is -1.68. The molecule has 4 nitrogen and oxygen atoms in total. The van der Waals surface area contributed by atoms with E-state index in [1.165, 1.54) is 4.88 Å². The normalized spacial score (nSPS) is 12.1. The third kappa shape index (κ3) is 4.91. The van der Waals surface area contributed by atoms with Crippen molar-refractivity contribution in [2.24, 2.45) is 4.99 Å². The molecule has 0 bridgehead atoms. The SMILES string of the molecule is COc1ccc(Cl)cc1C(=S)N=c1sc(C(C)(C)C)cn1CCC#N. The van der Waals surface area contributed by atoms with Crippen LogP contribution >= 0.6 is 35.2 Å². The topological polar surface area (TPSA) is 50.3 Å². The van der Waals surface area contributed by atoms with E-state index in [4.69, 9.17) is 33.8 Å². The summed E-state index contributed by atoms with van der Waals surface area (Å²) >= 11 is 13.2. The Morgan fingerprint density at radius 2 is 2.16 bits per heavy atom. The fourth-order valence-corrected chi connectivity index (χ4v) is 3.70. The van der Waals surface area contributed by atoms with Gasteiger partial charge in [-0.05, 0) is 23.6 Å². The monoisotopic (exact) mass is 393 g/mol. The van der Waals surface area contributed by atoms with Crippen LogP contribution in [0.15, 0.2) is 29.4 Å². The molecule has 0 spiro atoms. The first-order valence-corrected chi connectivity index (χ1v) is 9.37. The molecule has 132 valence electrons. The van der Waals surface area contributed by atoms with Crippen molar-refractivity contribution in [1.29, 1.82) is 5.26 Å². The number of hydrogen-bond acceptors (Lipinski definition) is 4. The molecule has 0 aliphatic heterocycles. The Morgan fingerprint density at radius 1 is 1.44 bits per heavy atom. The van der Waals surface area contributed by atoms with Gasteiger partial charge in [0.1, 0.15) is 10.7 Å². The summed E-state index contributed by atoms with van der Waals surface area (Å²) in [7, 11) is 1.59. The van der Waals surface area contributed by atoms with Gasteiger partial charge in [0.05, 0.1) is 25.2 Å². The van der Waals surface area contributed by atoms with E-state index in [0.717, 1.165) is 4.80 Å². The van der Waals surface area contributed by atoms with Crippen LogP contribution in [0, 0.1) is 11.3 Å². The third-order valence-corrected chi connectivity index (χ3v) is 5.51. The molecule has 1 aromatic carbocycles. The molecule has 0 unspecified atom stereocenters. The van der Waals surface area contributed by atoms with Gasteiger partial charge in [0.15, 0.2) is 4.80 Å². The molecule has 0 aliphatic carbocycles. The van der Waals surface area contributed by atoms with Gasteiger partial charge in [-0.1, -0.05) is 44.6 Å². The zero-order chi connectivity index (χ0) is 18.6. The first kappa shape index (κ1) is 19.6. The van der Waals surface area contributed by atoms with E-state index in [1.807, 2.05) is 4.57 Å². The van der Waals surface area contributed by atoms with Crippen LogP contribution in [0.4, 0.5) is 0 Å². The second-order valence-corrected chi connectivity index (χ2v) is 8.32. The molecule has 0 radical (unpaired) electrons. The van der Waals surface area contributed by atoms with Gasteiger partial charge in [-0.25, -0.2) is 4.99 Å². The summed E-state index contributed by atoms with van der Waals surface area (Å²) in [5.74, 6) is 0.634. The van der Waals surface area contributed by atoms with Crippen molar-refractivity contribution in [3.8, 4) is 11.8 Å². The van der Waals surface area contributed by atoms with Crippen molar-refractivity contribution in [1.82, 2.24) is 4.57 Å². The van der Waals surface area contributed by atoms with Crippen molar-refractivity contribution >= 4 is 40.1 Å². The number of aromatic nitrogens is 1.